The molecule has 0 radical (unpaired) electrons. The van der Waals surface area contributed by atoms with Crippen LogP contribution in [0.2, 0.25) is 0 Å². The van der Waals surface area contributed by atoms with Gasteiger partial charge in [-0.25, -0.2) is 0 Å². The SMILES string of the molecule is CC(C(=O)O)C1CN(C(=O)C(C)(C)N)C1. The number of aliphatic carboxylic acids is 1. The smallest absolute Gasteiger partial charge is 0.306 e. The predicted octanol–water partition coefficient (Wildman–Crippen LogP) is -0.0972. The molecule has 5 nitrogen and oxygen atoms in total. The molecule has 5 heteroatoms. The standard InChI is InChI=1S/C10H18N2O3/c1-6(8(13)14)7-4-12(5-7)9(15)10(2,3)11/h6-7H,4-5,11H2,1-3H3,(H,13,14). The Balaban J connectivity index is 2.45. The van der Waals surface area contributed by atoms with Crippen LogP contribution in [-0.2, 0) is 9.59 Å². The van der Waals surface area contributed by atoms with Crippen molar-refractivity contribution in [2.24, 2.45) is 17.6 Å². The number of nitrogens with two attached hydrogens (primary N) is 1. The molecule has 0 aromatic carbocycles. The van der Waals surface area contributed by atoms with Crippen LogP contribution in [0.1, 0.15) is 20.8 Å². The molecule has 15 heavy (non-hydrogen) atoms. The zero-order valence-electron chi connectivity index (χ0n) is 9.36. The number of rotatable bonds is 3. The van der Waals surface area contributed by atoms with Gasteiger partial charge in [-0.2, -0.15) is 0 Å². The van der Waals surface area contributed by atoms with E-state index in [2.05, 4.69) is 0 Å². The average molecular weight is 214 g/mol. The van der Waals surface area contributed by atoms with E-state index >= 15 is 0 Å². The summed E-state index contributed by atoms with van der Waals surface area (Å²) < 4.78 is 0. The molecular formula is C10H18N2O3. The Bertz CT molecular complexity index is 277. The first-order valence-electron chi connectivity index (χ1n) is 5.04. The van der Waals surface area contributed by atoms with Crippen molar-refractivity contribution in [3.63, 3.8) is 0 Å². The second kappa shape index (κ2) is 3.81. The van der Waals surface area contributed by atoms with Gasteiger partial charge in [0.15, 0.2) is 0 Å². The number of likely N-dealkylation sites (tertiary alicyclic amines) is 1. The fourth-order valence-electron chi connectivity index (χ4n) is 1.60. The third-order valence-corrected chi connectivity index (χ3v) is 2.84. The second-order valence-electron chi connectivity index (χ2n) is 4.82. The van der Waals surface area contributed by atoms with Gasteiger partial charge in [-0.15, -0.1) is 0 Å². The predicted molar refractivity (Wildman–Crippen MR) is 55.1 cm³/mol. The van der Waals surface area contributed by atoms with E-state index in [4.69, 9.17) is 10.8 Å². The molecule has 0 aromatic rings. The third kappa shape index (κ3) is 2.47. The summed E-state index contributed by atoms with van der Waals surface area (Å²) >= 11 is 0. The molecule has 0 saturated carbocycles. The van der Waals surface area contributed by atoms with Crippen molar-refractivity contribution in [1.29, 1.82) is 0 Å². The quantitative estimate of drug-likeness (QED) is 0.687. The largest absolute Gasteiger partial charge is 0.481 e. The first-order valence-corrected chi connectivity index (χ1v) is 5.04. The minimum absolute atomic E-state index is 0.0637. The zero-order chi connectivity index (χ0) is 11.8. The Morgan fingerprint density at radius 1 is 1.47 bits per heavy atom. The maximum atomic E-state index is 11.6. The summed E-state index contributed by atoms with van der Waals surface area (Å²) in [6.07, 6.45) is 0. The maximum Gasteiger partial charge on any atom is 0.306 e. The van der Waals surface area contributed by atoms with Gasteiger partial charge in [0.1, 0.15) is 0 Å². The fraction of sp³-hybridized carbons (Fsp3) is 0.800. The van der Waals surface area contributed by atoms with Crippen molar-refractivity contribution in [3.05, 3.63) is 0 Å². The number of hydrogen-bond acceptors (Lipinski definition) is 3. The monoisotopic (exact) mass is 214 g/mol. The molecule has 86 valence electrons. The van der Waals surface area contributed by atoms with Crippen LogP contribution in [0.4, 0.5) is 0 Å². The minimum atomic E-state index is -0.864. The van der Waals surface area contributed by atoms with Crippen LogP contribution >= 0.6 is 0 Å². The van der Waals surface area contributed by atoms with Crippen molar-refractivity contribution in [2.45, 2.75) is 26.3 Å². The Hall–Kier alpha value is -1.10. The van der Waals surface area contributed by atoms with Gasteiger partial charge in [-0.1, -0.05) is 6.92 Å². The van der Waals surface area contributed by atoms with Gasteiger partial charge in [0, 0.05) is 19.0 Å². The van der Waals surface area contributed by atoms with Crippen LogP contribution in [0.15, 0.2) is 0 Å². The van der Waals surface area contributed by atoms with Gasteiger partial charge < -0.3 is 15.7 Å². The summed E-state index contributed by atoms with van der Waals surface area (Å²) in [5, 5.41) is 8.77. The molecule has 1 saturated heterocycles. The number of hydrogen-bond donors (Lipinski definition) is 2. The minimum Gasteiger partial charge on any atom is -0.481 e. The van der Waals surface area contributed by atoms with Gasteiger partial charge in [-0.05, 0) is 13.8 Å². The molecule has 1 rings (SSSR count). The summed E-state index contributed by atoms with van der Waals surface area (Å²) in [6, 6.07) is 0. The molecule has 1 fully saturated rings. The van der Waals surface area contributed by atoms with Gasteiger partial charge in [0.25, 0.3) is 0 Å². The molecule has 3 N–H and O–H groups in total. The number of carboxylic acid groups (broad SMARTS) is 1. The van der Waals surface area contributed by atoms with Crippen LogP contribution in [0, 0.1) is 11.8 Å². The van der Waals surface area contributed by atoms with Gasteiger partial charge in [0.05, 0.1) is 11.5 Å². The first-order chi connectivity index (χ1) is 6.73. The summed E-state index contributed by atoms with van der Waals surface area (Å²) in [5.74, 6) is -1.25. The Morgan fingerprint density at radius 3 is 2.27 bits per heavy atom. The van der Waals surface area contributed by atoms with E-state index in [0.29, 0.717) is 13.1 Å². The Labute approximate surface area is 89.2 Å². The molecule has 0 aliphatic carbocycles. The molecule has 1 amide bonds. The van der Waals surface area contributed by atoms with Gasteiger partial charge >= 0.3 is 5.97 Å². The molecule has 0 spiro atoms. The summed E-state index contributed by atoms with van der Waals surface area (Å²) in [6.45, 7) is 5.99. The first kappa shape index (κ1) is 12.0. The molecule has 0 bridgehead atoms. The molecule has 1 unspecified atom stereocenters. The number of carbonyl (C=O) groups is 2. The van der Waals surface area contributed by atoms with Crippen molar-refractivity contribution in [3.8, 4) is 0 Å². The highest BCUT2D eigenvalue weighted by atomic mass is 16.4. The topological polar surface area (TPSA) is 83.6 Å². The van der Waals surface area contributed by atoms with Gasteiger partial charge in [0.2, 0.25) is 5.91 Å². The van der Waals surface area contributed by atoms with Crippen molar-refractivity contribution in [2.75, 3.05) is 13.1 Å². The number of carboxylic acids is 1. The lowest BCUT2D eigenvalue weighted by Gasteiger charge is -2.43. The summed E-state index contributed by atoms with van der Waals surface area (Å²) in [5.41, 5.74) is 4.80. The maximum absolute atomic E-state index is 11.6. The molecule has 1 aliphatic heterocycles. The van der Waals surface area contributed by atoms with Crippen LogP contribution in [0.3, 0.4) is 0 Å². The van der Waals surface area contributed by atoms with Crippen molar-refractivity contribution >= 4 is 11.9 Å². The van der Waals surface area contributed by atoms with Crippen LogP contribution in [0.25, 0.3) is 0 Å². The molecule has 1 atom stereocenters. The van der Waals surface area contributed by atoms with E-state index in [-0.39, 0.29) is 11.8 Å². The lowest BCUT2D eigenvalue weighted by atomic mass is 9.86. The molecular weight excluding hydrogens is 196 g/mol. The summed E-state index contributed by atoms with van der Waals surface area (Å²) in [7, 11) is 0. The van der Waals surface area contributed by atoms with E-state index in [9.17, 15) is 9.59 Å². The highest BCUT2D eigenvalue weighted by Gasteiger charge is 2.40. The molecule has 1 aliphatic rings. The van der Waals surface area contributed by atoms with Gasteiger partial charge in [-0.3, -0.25) is 9.59 Å². The van der Waals surface area contributed by atoms with E-state index in [1.54, 1.807) is 25.7 Å². The lowest BCUT2D eigenvalue weighted by molar-refractivity contribution is -0.152. The highest BCUT2D eigenvalue weighted by Crippen LogP contribution is 2.25. The Morgan fingerprint density at radius 2 is 1.93 bits per heavy atom. The number of carbonyl (C=O) groups excluding carboxylic acids is 1. The van der Waals surface area contributed by atoms with Crippen molar-refractivity contribution in [1.82, 2.24) is 4.90 Å². The van der Waals surface area contributed by atoms with Crippen LogP contribution < -0.4 is 5.73 Å². The Kier molecular flexibility index (Phi) is 3.04. The van der Waals surface area contributed by atoms with E-state index in [0.717, 1.165) is 0 Å². The second-order valence-corrected chi connectivity index (χ2v) is 4.82. The number of amides is 1. The lowest BCUT2D eigenvalue weighted by Crippen LogP contribution is -2.60. The average Bonchev–Trinajstić information content (AvgIpc) is 1.98. The zero-order valence-corrected chi connectivity index (χ0v) is 9.36. The van der Waals surface area contributed by atoms with E-state index < -0.39 is 17.4 Å². The molecule has 0 aromatic heterocycles. The van der Waals surface area contributed by atoms with Crippen molar-refractivity contribution < 1.29 is 14.7 Å². The van der Waals surface area contributed by atoms with Crippen LogP contribution in [0.5, 0.6) is 0 Å². The fourth-order valence-corrected chi connectivity index (χ4v) is 1.60. The van der Waals surface area contributed by atoms with E-state index in [1.807, 2.05) is 0 Å². The van der Waals surface area contributed by atoms with E-state index in [1.165, 1.54) is 0 Å². The number of nitrogens with zero attached hydrogens (tertiary/aromatic N) is 1. The molecule has 1 heterocycles. The normalized spacial score (nSPS) is 19.6. The highest BCUT2D eigenvalue weighted by molar-refractivity contribution is 5.86. The van der Waals surface area contributed by atoms with Crippen LogP contribution in [-0.4, -0.2) is 40.5 Å². The third-order valence-electron chi connectivity index (χ3n) is 2.84. The summed E-state index contributed by atoms with van der Waals surface area (Å²) in [4.78, 5) is 23.9.